The first-order valence-electron chi connectivity index (χ1n) is 8.35. The number of aryl methyl sites for hydroxylation is 2. The minimum atomic E-state index is -4.24. The largest absolute Gasteiger partial charge is 0.391 e. The van der Waals surface area contributed by atoms with Gasteiger partial charge in [0.1, 0.15) is 22.7 Å². The SMILES string of the molecule is Cc1nccc(Nc2nc(Cl)nc3c(C)nn(CCOCCC(F)(F)F)c23)n1. The van der Waals surface area contributed by atoms with Crippen LogP contribution in [0, 0.1) is 13.8 Å². The van der Waals surface area contributed by atoms with Gasteiger partial charge in [0.25, 0.3) is 0 Å². The number of hydrogen-bond donors (Lipinski definition) is 1. The summed E-state index contributed by atoms with van der Waals surface area (Å²) in [6.07, 6.45) is -3.64. The third-order valence-corrected chi connectivity index (χ3v) is 3.90. The second-order valence-electron chi connectivity index (χ2n) is 5.94. The van der Waals surface area contributed by atoms with Crippen LogP contribution in [0.2, 0.25) is 5.28 Å². The number of nitrogens with zero attached hydrogens (tertiary/aromatic N) is 6. The maximum absolute atomic E-state index is 12.2. The first-order chi connectivity index (χ1) is 13.2. The third-order valence-electron chi connectivity index (χ3n) is 3.73. The average molecular weight is 416 g/mol. The smallest absolute Gasteiger partial charge is 0.379 e. The molecule has 12 heteroatoms. The normalized spacial score (nSPS) is 11.9. The summed E-state index contributed by atoms with van der Waals surface area (Å²) in [5.74, 6) is 1.46. The summed E-state index contributed by atoms with van der Waals surface area (Å²) in [5.41, 5.74) is 1.69. The lowest BCUT2D eigenvalue weighted by atomic mass is 10.3. The van der Waals surface area contributed by atoms with Gasteiger partial charge < -0.3 is 10.1 Å². The average Bonchev–Trinajstić information content (AvgIpc) is 2.89. The minimum Gasteiger partial charge on any atom is -0.379 e. The predicted molar refractivity (Wildman–Crippen MR) is 96.6 cm³/mol. The summed E-state index contributed by atoms with van der Waals surface area (Å²) in [6.45, 7) is 3.38. The summed E-state index contributed by atoms with van der Waals surface area (Å²) in [6, 6.07) is 1.67. The van der Waals surface area contributed by atoms with E-state index in [1.807, 2.05) is 0 Å². The number of nitrogens with one attached hydrogen (secondary N) is 1. The molecule has 0 atom stereocenters. The quantitative estimate of drug-likeness (QED) is 0.465. The molecule has 0 aromatic carbocycles. The van der Waals surface area contributed by atoms with Crippen molar-refractivity contribution in [3.8, 4) is 0 Å². The van der Waals surface area contributed by atoms with E-state index in [0.717, 1.165) is 0 Å². The van der Waals surface area contributed by atoms with Crippen molar-refractivity contribution in [1.82, 2.24) is 29.7 Å². The lowest BCUT2D eigenvalue weighted by Gasteiger charge is -2.10. The van der Waals surface area contributed by atoms with E-state index < -0.39 is 19.2 Å². The van der Waals surface area contributed by atoms with E-state index in [4.69, 9.17) is 16.3 Å². The van der Waals surface area contributed by atoms with E-state index in [0.29, 0.717) is 34.2 Å². The molecule has 150 valence electrons. The van der Waals surface area contributed by atoms with Gasteiger partial charge in [-0.25, -0.2) is 15.0 Å². The van der Waals surface area contributed by atoms with Crippen LogP contribution < -0.4 is 5.32 Å². The molecule has 0 unspecified atom stereocenters. The first-order valence-corrected chi connectivity index (χ1v) is 8.72. The van der Waals surface area contributed by atoms with Crippen molar-refractivity contribution in [1.29, 1.82) is 0 Å². The van der Waals surface area contributed by atoms with Crippen molar-refractivity contribution in [3.63, 3.8) is 0 Å². The first kappa shape index (κ1) is 20.2. The monoisotopic (exact) mass is 415 g/mol. The van der Waals surface area contributed by atoms with E-state index in [1.165, 1.54) is 0 Å². The summed E-state index contributed by atoms with van der Waals surface area (Å²) >= 11 is 6.03. The Balaban J connectivity index is 1.83. The highest BCUT2D eigenvalue weighted by Gasteiger charge is 2.26. The van der Waals surface area contributed by atoms with Crippen molar-refractivity contribution < 1.29 is 17.9 Å². The Morgan fingerprint density at radius 2 is 1.96 bits per heavy atom. The van der Waals surface area contributed by atoms with E-state index in [2.05, 4.69) is 30.4 Å². The highest BCUT2D eigenvalue weighted by atomic mass is 35.5. The Morgan fingerprint density at radius 3 is 2.68 bits per heavy atom. The van der Waals surface area contributed by atoms with Gasteiger partial charge in [0.2, 0.25) is 5.28 Å². The Labute approximate surface area is 163 Å². The zero-order valence-electron chi connectivity index (χ0n) is 15.1. The Hall–Kier alpha value is -2.53. The number of halogens is 4. The fraction of sp³-hybridized carbons (Fsp3) is 0.438. The molecule has 1 N–H and O–H groups in total. The summed E-state index contributed by atoms with van der Waals surface area (Å²) in [7, 11) is 0. The molecule has 0 aliphatic carbocycles. The number of anilines is 2. The minimum absolute atomic E-state index is 0.0323. The zero-order chi connectivity index (χ0) is 20.3. The molecule has 0 saturated carbocycles. The van der Waals surface area contributed by atoms with Crippen LogP contribution in [-0.4, -0.2) is 49.1 Å². The lowest BCUT2D eigenvalue weighted by Crippen LogP contribution is -2.14. The maximum atomic E-state index is 12.2. The Morgan fingerprint density at radius 1 is 1.18 bits per heavy atom. The number of fused-ring (bicyclic) bond motifs is 1. The van der Waals surface area contributed by atoms with Crippen molar-refractivity contribution in [2.24, 2.45) is 0 Å². The molecule has 0 radical (unpaired) electrons. The van der Waals surface area contributed by atoms with Crippen LogP contribution >= 0.6 is 11.6 Å². The van der Waals surface area contributed by atoms with Gasteiger partial charge in [0.15, 0.2) is 5.82 Å². The van der Waals surface area contributed by atoms with E-state index in [-0.39, 0.29) is 18.4 Å². The maximum Gasteiger partial charge on any atom is 0.391 e. The van der Waals surface area contributed by atoms with Crippen molar-refractivity contribution in [2.75, 3.05) is 18.5 Å². The van der Waals surface area contributed by atoms with Gasteiger partial charge in [-0.3, -0.25) is 4.68 Å². The Bertz CT molecular complexity index is 977. The van der Waals surface area contributed by atoms with Crippen molar-refractivity contribution in [3.05, 3.63) is 29.1 Å². The van der Waals surface area contributed by atoms with E-state index in [9.17, 15) is 13.2 Å². The summed E-state index contributed by atoms with van der Waals surface area (Å²) in [4.78, 5) is 16.7. The lowest BCUT2D eigenvalue weighted by molar-refractivity contribution is -0.145. The van der Waals surface area contributed by atoms with Gasteiger partial charge in [0.05, 0.1) is 31.9 Å². The fourth-order valence-corrected chi connectivity index (χ4v) is 2.71. The molecule has 3 heterocycles. The second-order valence-corrected chi connectivity index (χ2v) is 6.28. The molecule has 0 aliphatic rings. The molecule has 3 aromatic rings. The number of aromatic nitrogens is 6. The fourth-order valence-electron chi connectivity index (χ4n) is 2.54. The molecule has 0 bridgehead atoms. The van der Waals surface area contributed by atoms with Crippen LogP contribution in [0.5, 0.6) is 0 Å². The van der Waals surface area contributed by atoms with Gasteiger partial charge in [0, 0.05) is 6.20 Å². The highest BCUT2D eigenvalue weighted by molar-refractivity contribution is 6.28. The van der Waals surface area contributed by atoms with Gasteiger partial charge in [-0.2, -0.15) is 23.3 Å². The van der Waals surface area contributed by atoms with Crippen LogP contribution in [0.3, 0.4) is 0 Å². The summed E-state index contributed by atoms with van der Waals surface area (Å²) in [5, 5.41) is 7.48. The zero-order valence-corrected chi connectivity index (χ0v) is 15.8. The molecule has 3 rings (SSSR count). The second kappa shape index (κ2) is 8.23. The van der Waals surface area contributed by atoms with Crippen molar-refractivity contribution in [2.45, 2.75) is 33.0 Å². The molecule has 0 aliphatic heterocycles. The molecule has 0 saturated heterocycles. The third kappa shape index (κ3) is 5.04. The van der Waals surface area contributed by atoms with Crippen LogP contribution in [0.25, 0.3) is 11.0 Å². The molecular formula is C16H17ClF3N7O. The van der Waals surface area contributed by atoms with Crippen molar-refractivity contribution >= 4 is 34.3 Å². The van der Waals surface area contributed by atoms with E-state index >= 15 is 0 Å². The van der Waals surface area contributed by atoms with Crippen LogP contribution in [-0.2, 0) is 11.3 Å². The van der Waals surface area contributed by atoms with Gasteiger partial charge >= 0.3 is 6.18 Å². The number of rotatable bonds is 7. The molecule has 0 amide bonds. The highest BCUT2D eigenvalue weighted by Crippen LogP contribution is 2.27. The van der Waals surface area contributed by atoms with Gasteiger partial charge in [-0.05, 0) is 31.5 Å². The number of hydrogen-bond acceptors (Lipinski definition) is 7. The number of ether oxygens (including phenoxy) is 1. The molecule has 0 fully saturated rings. The molecule has 0 spiro atoms. The molecule has 3 aromatic heterocycles. The van der Waals surface area contributed by atoms with E-state index in [1.54, 1.807) is 30.8 Å². The standard InChI is InChI=1S/C16H17ClF3N7O/c1-9-12-13(27(26-9)6-8-28-7-4-16(18,19)20)14(25-15(17)24-12)23-11-3-5-21-10(2)22-11/h3,5H,4,6-8H2,1-2H3,(H,21,22,23,24,25). The van der Waals surface area contributed by atoms with Gasteiger partial charge in [-0.15, -0.1) is 0 Å². The number of alkyl halides is 3. The molecular weight excluding hydrogens is 399 g/mol. The molecule has 28 heavy (non-hydrogen) atoms. The van der Waals surface area contributed by atoms with Crippen LogP contribution in [0.4, 0.5) is 24.8 Å². The Kier molecular flexibility index (Phi) is 5.94. The molecule has 8 nitrogen and oxygen atoms in total. The predicted octanol–water partition coefficient (Wildman–Crippen LogP) is 3.60. The van der Waals surface area contributed by atoms with Crippen LogP contribution in [0.15, 0.2) is 12.3 Å². The van der Waals surface area contributed by atoms with Crippen LogP contribution in [0.1, 0.15) is 17.9 Å². The topological polar surface area (TPSA) is 90.6 Å². The van der Waals surface area contributed by atoms with Gasteiger partial charge in [-0.1, -0.05) is 0 Å². The summed E-state index contributed by atoms with van der Waals surface area (Å²) < 4.78 is 43.3.